The molecule has 0 aliphatic rings. The molecule has 0 amide bonds. The van der Waals surface area contributed by atoms with Gasteiger partial charge in [-0.05, 0) is 35.9 Å². The Labute approximate surface area is 109 Å². The highest BCUT2D eigenvalue weighted by molar-refractivity contribution is 7.90. The van der Waals surface area contributed by atoms with E-state index in [1.807, 2.05) is 0 Å². The molecule has 0 aromatic heterocycles. The van der Waals surface area contributed by atoms with E-state index in [1.54, 1.807) is 18.2 Å². The van der Waals surface area contributed by atoms with Gasteiger partial charge in [0, 0.05) is 5.69 Å². The topological polar surface area (TPSA) is 60.2 Å². The van der Waals surface area contributed by atoms with Crippen LogP contribution >= 0.6 is 0 Å². The number of nitrogen functional groups attached to an aromatic ring is 1. The van der Waals surface area contributed by atoms with Gasteiger partial charge in [-0.25, -0.2) is 17.2 Å². The van der Waals surface area contributed by atoms with E-state index in [-0.39, 0.29) is 0 Å². The number of hydrogen-bond donors (Lipinski definition) is 1. The Balaban J connectivity index is 2.40. The molecular weight excluding hydrogens is 272 g/mol. The van der Waals surface area contributed by atoms with Crippen LogP contribution in [-0.2, 0) is 15.6 Å². The maximum atomic E-state index is 13.5. The SMILES string of the molecule is Nc1cccc(CS(=O)(=O)c2cc(F)ccc2F)c1. The highest BCUT2D eigenvalue weighted by Crippen LogP contribution is 2.21. The van der Waals surface area contributed by atoms with Crippen LogP contribution < -0.4 is 5.73 Å². The summed E-state index contributed by atoms with van der Waals surface area (Å²) in [5.41, 5.74) is 6.37. The molecule has 100 valence electrons. The predicted molar refractivity (Wildman–Crippen MR) is 68.1 cm³/mol. The average Bonchev–Trinajstić information content (AvgIpc) is 2.31. The highest BCUT2D eigenvalue weighted by atomic mass is 32.2. The Morgan fingerprint density at radius 2 is 1.79 bits per heavy atom. The van der Waals surface area contributed by atoms with Crippen molar-refractivity contribution in [2.24, 2.45) is 0 Å². The Hall–Kier alpha value is -1.95. The van der Waals surface area contributed by atoms with Crippen molar-refractivity contribution in [2.75, 3.05) is 5.73 Å². The van der Waals surface area contributed by atoms with E-state index in [1.165, 1.54) is 6.07 Å². The van der Waals surface area contributed by atoms with E-state index < -0.39 is 32.1 Å². The molecule has 0 unspecified atom stereocenters. The summed E-state index contributed by atoms with van der Waals surface area (Å²) in [4.78, 5) is -0.644. The van der Waals surface area contributed by atoms with Crippen molar-refractivity contribution in [2.45, 2.75) is 10.6 Å². The maximum absolute atomic E-state index is 13.5. The van der Waals surface area contributed by atoms with Crippen molar-refractivity contribution in [1.82, 2.24) is 0 Å². The lowest BCUT2D eigenvalue weighted by atomic mass is 10.2. The smallest absolute Gasteiger partial charge is 0.185 e. The minimum atomic E-state index is -3.95. The minimum Gasteiger partial charge on any atom is -0.399 e. The predicted octanol–water partition coefficient (Wildman–Crippen LogP) is 2.52. The summed E-state index contributed by atoms with van der Waals surface area (Å²) < 4.78 is 50.6. The molecule has 6 heteroatoms. The number of hydrogen-bond acceptors (Lipinski definition) is 3. The first-order valence-corrected chi connectivity index (χ1v) is 7.06. The molecule has 0 atom stereocenters. The zero-order valence-corrected chi connectivity index (χ0v) is 10.6. The molecule has 2 aromatic carbocycles. The van der Waals surface area contributed by atoms with Gasteiger partial charge in [-0.2, -0.15) is 0 Å². The first-order chi connectivity index (χ1) is 8.88. The van der Waals surface area contributed by atoms with Crippen LogP contribution in [-0.4, -0.2) is 8.42 Å². The number of anilines is 1. The van der Waals surface area contributed by atoms with Gasteiger partial charge in [0.25, 0.3) is 0 Å². The molecule has 2 rings (SSSR count). The van der Waals surface area contributed by atoms with Crippen LogP contribution in [0.1, 0.15) is 5.56 Å². The van der Waals surface area contributed by atoms with E-state index in [2.05, 4.69) is 0 Å². The van der Waals surface area contributed by atoms with Gasteiger partial charge < -0.3 is 5.73 Å². The molecule has 0 radical (unpaired) electrons. The van der Waals surface area contributed by atoms with Crippen LogP contribution in [0.5, 0.6) is 0 Å². The van der Waals surface area contributed by atoms with Gasteiger partial charge in [0.15, 0.2) is 9.84 Å². The van der Waals surface area contributed by atoms with Crippen LogP contribution in [0.25, 0.3) is 0 Å². The van der Waals surface area contributed by atoms with E-state index in [0.29, 0.717) is 17.3 Å². The largest absolute Gasteiger partial charge is 0.399 e. The van der Waals surface area contributed by atoms with Crippen LogP contribution in [0.2, 0.25) is 0 Å². The lowest BCUT2D eigenvalue weighted by Crippen LogP contribution is -2.08. The number of nitrogens with two attached hydrogens (primary N) is 1. The van der Waals surface area contributed by atoms with Crippen molar-refractivity contribution < 1.29 is 17.2 Å². The zero-order chi connectivity index (χ0) is 14.0. The van der Waals surface area contributed by atoms with Gasteiger partial charge in [0.1, 0.15) is 16.5 Å². The molecule has 0 bridgehead atoms. The summed E-state index contributed by atoms with van der Waals surface area (Å²) in [6.07, 6.45) is 0. The fourth-order valence-electron chi connectivity index (χ4n) is 1.70. The first kappa shape index (κ1) is 13.5. The molecule has 0 fully saturated rings. The minimum absolute atomic E-state index is 0.410. The van der Waals surface area contributed by atoms with Gasteiger partial charge in [0.2, 0.25) is 0 Å². The Kier molecular flexibility index (Phi) is 3.53. The molecule has 0 spiro atoms. The van der Waals surface area contributed by atoms with E-state index in [9.17, 15) is 17.2 Å². The molecular formula is C13H11F2NO2S. The molecule has 19 heavy (non-hydrogen) atoms. The number of sulfone groups is 1. The summed E-state index contributed by atoms with van der Waals surface area (Å²) in [6, 6.07) is 8.59. The third-order valence-electron chi connectivity index (χ3n) is 2.54. The second kappa shape index (κ2) is 4.97. The molecule has 2 aromatic rings. The van der Waals surface area contributed by atoms with Crippen molar-refractivity contribution in [3.63, 3.8) is 0 Å². The van der Waals surface area contributed by atoms with Crippen LogP contribution in [0, 0.1) is 11.6 Å². The zero-order valence-electron chi connectivity index (χ0n) is 9.81. The second-order valence-corrected chi connectivity index (χ2v) is 6.04. The Morgan fingerprint density at radius 1 is 1.05 bits per heavy atom. The molecule has 0 aliphatic carbocycles. The van der Waals surface area contributed by atoms with Crippen LogP contribution in [0.15, 0.2) is 47.4 Å². The lowest BCUT2D eigenvalue weighted by Gasteiger charge is -2.06. The third kappa shape index (κ3) is 3.08. The standard InChI is InChI=1S/C13H11F2NO2S/c14-10-4-5-12(15)13(7-10)19(17,18)8-9-2-1-3-11(16)6-9/h1-7H,8,16H2. The summed E-state index contributed by atoms with van der Waals surface area (Å²) in [5, 5.41) is 0. The van der Waals surface area contributed by atoms with Gasteiger partial charge in [-0.15, -0.1) is 0 Å². The van der Waals surface area contributed by atoms with Crippen molar-refractivity contribution in [1.29, 1.82) is 0 Å². The Bertz CT molecular complexity index is 714. The van der Waals surface area contributed by atoms with Gasteiger partial charge in [-0.1, -0.05) is 12.1 Å². The van der Waals surface area contributed by atoms with Gasteiger partial charge >= 0.3 is 0 Å². The van der Waals surface area contributed by atoms with E-state index >= 15 is 0 Å². The molecule has 2 N–H and O–H groups in total. The number of benzene rings is 2. The van der Waals surface area contributed by atoms with Crippen molar-refractivity contribution >= 4 is 15.5 Å². The monoisotopic (exact) mass is 283 g/mol. The summed E-state index contributed by atoms with van der Waals surface area (Å²) in [7, 11) is -3.95. The van der Waals surface area contributed by atoms with Crippen LogP contribution in [0.3, 0.4) is 0 Å². The highest BCUT2D eigenvalue weighted by Gasteiger charge is 2.20. The first-order valence-electron chi connectivity index (χ1n) is 5.41. The molecule has 3 nitrogen and oxygen atoms in total. The fourth-order valence-corrected chi connectivity index (χ4v) is 3.13. The van der Waals surface area contributed by atoms with Crippen LogP contribution in [0.4, 0.5) is 14.5 Å². The maximum Gasteiger partial charge on any atom is 0.185 e. The number of halogens is 2. The lowest BCUT2D eigenvalue weighted by molar-refractivity contribution is 0.553. The average molecular weight is 283 g/mol. The molecule has 0 heterocycles. The summed E-state index contributed by atoms with van der Waals surface area (Å²) in [6.45, 7) is 0. The quantitative estimate of drug-likeness (QED) is 0.880. The second-order valence-electron chi connectivity index (χ2n) is 4.08. The van der Waals surface area contributed by atoms with Crippen molar-refractivity contribution in [3.05, 3.63) is 59.7 Å². The Morgan fingerprint density at radius 3 is 2.47 bits per heavy atom. The number of rotatable bonds is 3. The summed E-state index contributed by atoms with van der Waals surface area (Å²) in [5.74, 6) is -2.20. The van der Waals surface area contributed by atoms with E-state index in [4.69, 9.17) is 5.73 Å². The van der Waals surface area contributed by atoms with E-state index in [0.717, 1.165) is 12.1 Å². The summed E-state index contributed by atoms with van der Waals surface area (Å²) >= 11 is 0. The normalized spacial score (nSPS) is 11.5. The third-order valence-corrected chi connectivity index (χ3v) is 4.23. The van der Waals surface area contributed by atoms with Crippen molar-refractivity contribution in [3.8, 4) is 0 Å². The van der Waals surface area contributed by atoms with Gasteiger partial charge in [0.05, 0.1) is 5.75 Å². The molecule has 0 aliphatic heterocycles. The molecule has 0 saturated carbocycles. The molecule has 0 saturated heterocycles. The van der Waals surface area contributed by atoms with Gasteiger partial charge in [-0.3, -0.25) is 0 Å². The fraction of sp³-hybridized carbons (Fsp3) is 0.0769.